The van der Waals surface area contributed by atoms with Gasteiger partial charge >= 0.3 is 0 Å². The monoisotopic (exact) mass is 170 g/mol. The minimum atomic E-state index is 1.15. The molecule has 0 aliphatic heterocycles. The molecule has 0 unspecified atom stereocenters. The van der Waals surface area contributed by atoms with Crippen LogP contribution in [0.2, 0.25) is 0 Å². The van der Waals surface area contributed by atoms with Gasteiger partial charge in [0, 0.05) is 0 Å². The number of aryl methyl sites for hydroxylation is 1. The molecule has 1 aromatic carbocycles. The molecule has 0 saturated heterocycles. The Balaban J connectivity index is 3.10. The van der Waals surface area contributed by atoms with Crippen molar-refractivity contribution in [3.8, 4) is 0 Å². The van der Waals surface area contributed by atoms with E-state index >= 15 is 0 Å². The van der Waals surface area contributed by atoms with Gasteiger partial charge in [-0.3, -0.25) is 0 Å². The molecule has 0 aromatic heterocycles. The Hall–Kier alpha value is -1.56. The average Bonchev–Trinajstić information content (AvgIpc) is 2.17. The van der Waals surface area contributed by atoms with E-state index in [-0.39, 0.29) is 0 Å². The zero-order valence-corrected chi connectivity index (χ0v) is 7.96. The van der Waals surface area contributed by atoms with Crippen molar-refractivity contribution in [2.75, 3.05) is 0 Å². The summed E-state index contributed by atoms with van der Waals surface area (Å²) in [6.45, 7) is 9.47. The van der Waals surface area contributed by atoms with Gasteiger partial charge in [0.15, 0.2) is 0 Å². The molecule has 0 nitrogen and oxygen atoms in total. The van der Waals surface area contributed by atoms with Crippen LogP contribution in [0.15, 0.2) is 43.5 Å². The van der Waals surface area contributed by atoms with E-state index in [1.54, 1.807) is 6.08 Å². The SMILES string of the molecule is C=CC=Cc1cc(C=C)ccc1C. The van der Waals surface area contributed by atoms with E-state index < -0.39 is 0 Å². The lowest BCUT2D eigenvalue weighted by Crippen LogP contribution is -1.81. The number of rotatable bonds is 3. The third kappa shape index (κ3) is 2.45. The van der Waals surface area contributed by atoms with Gasteiger partial charge in [0.05, 0.1) is 0 Å². The standard InChI is InChI=1S/C13H14/c1-4-6-7-13-10-12(5-2)9-8-11(13)3/h4-10H,1-2H2,3H3. The lowest BCUT2D eigenvalue weighted by Gasteiger charge is -2.01. The van der Waals surface area contributed by atoms with Crippen molar-refractivity contribution in [1.82, 2.24) is 0 Å². The van der Waals surface area contributed by atoms with E-state index in [9.17, 15) is 0 Å². The molecule has 0 heterocycles. The molecule has 0 spiro atoms. The van der Waals surface area contributed by atoms with Crippen LogP contribution in [0.25, 0.3) is 12.2 Å². The first kappa shape index (κ1) is 9.53. The molecule has 0 saturated carbocycles. The maximum atomic E-state index is 3.74. The van der Waals surface area contributed by atoms with Crippen molar-refractivity contribution in [3.63, 3.8) is 0 Å². The topological polar surface area (TPSA) is 0 Å². The van der Waals surface area contributed by atoms with Crippen LogP contribution in [-0.2, 0) is 0 Å². The van der Waals surface area contributed by atoms with E-state index in [0.717, 1.165) is 5.56 Å². The Labute approximate surface area is 79.9 Å². The molecule has 13 heavy (non-hydrogen) atoms. The summed E-state index contributed by atoms with van der Waals surface area (Å²) in [5.74, 6) is 0. The normalized spacial score (nSPS) is 10.2. The highest BCUT2D eigenvalue weighted by atomic mass is 14.0. The van der Waals surface area contributed by atoms with Crippen molar-refractivity contribution in [3.05, 3.63) is 60.2 Å². The molecule has 0 atom stereocenters. The minimum Gasteiger partial charge on any atom is -0.0991 e. The van der Waals surface area contributed by atoms with Gasteiger partial charge in [-0.15, -0.1) is 0 Å². The van der Waals surface area contributed by atoms with Gasteiger partial charge in [-0.1, -0.05) is 49.6 Å². The number of allylic oxidation sites excluding steroid dienone is 2. The van der Waals surface area contributed by atoms with E-state index in [2.05, 4.69) is 44.4 Å². The number of hydrogen-bond acceptors (Lipinski definition) is 0. The summed E-state index contributed by atoms with van der Waals surface area (Å²) in [6.07, 6.45) is 7.62. The van der Waals surface area contributed by atoms with Crippen molar-refractivity contribution in [2.45, 2.75) is 6.92 Å². The third-order valence-electron chi connectivity index (χ3n) is 1.95. The Morgan fingerprint density at radius 1 is 1.23 bits per heavy atom. The molecule has 1 rings (SSSR count). The van der Waals surface area contributed by atoms with Gasteiger partial charge in [0.25, 0.3) is 0 Å². The lowest BCUT2D eigenvalue weighted by atomic mass is 10.0. The molecule has 0 fully saturated rings. The van der Waals surface area contributed by atoms with Crippen LogP contribution in [-0.4, -0.2) is 0 Å². The molecule has 0 amide bonds. The molecule has 0 heteroatoms. The summed E-state index contributed by atoms with van der Waals surface area (Å²) in [5.41, 5.74) is 3.63. The Bertz CT molecular complexity index is 343. The molecule has 0 bridgehead atoms. The second-order valence-corrected chi connectivity index (χ2v) is 2.91. The first-order valence-corrected chi connectivity index (χ1v) is 4.30. The summed E-state index contributed by atoms with van der Waals surface area (Å²) in [5, 5.41) is 0. The summed E-state index contributed by atoms with van der Waals surface area (Å²) in [6, 6.07) is 6.27. The van der Waals surface area contributed by atoms with Gasteiger partial charge < -0.3 is 0 Å². The fourth-order valence-corrected chi connectivity index (χ4v) is 1.14. The van der Waals surface area contributed by atoms with E-state index in [1.165, 1.54) is 11.1 Å². The van der Waals surface area contributed by atoms with Crippen molar-refractivity contribution in [2.24, 2.45) is 0 Å². The van der Waals surface area contributed by atoms with Gasteiger partial charge in [0.1, 0.15) is 0 Å². The van der Waals surface area contributed by atoms with Crippen LogP contribution >= 0.6 is 0 Å². The van der Waals surface area contributed by atoms with E-state index in [4.69, 9.17) is 0 Å². The highest BCUT2D eigenvalue weighted by molar-refractivity contribution is 5.60. The Morgan fingerprint density at radius 2 is 2.00 bits per heavy atom. The van der Waals surface area contributed by atoms with Crippen molar-refractivity contribution < 1.29 is 0 Å². The van der Waals surface area contributed by atoms with Crippen LogP contribution in [0.3, 0.4) is 0 Å². The molecule has 0 radical (unpaired) electrons. The fourth-order valence-electron chi connectivity index (χ4n) is 1.14. The summed E-state index contributed by atoms with van der Waals surface area (Å²) in [4.78, 5) is 0. The molecular formula is C13H14. The molecule has 1 aromatic rings. The summed E-state index contributed by atoms with van der Waals surface area (Å²) in [7, 11) is 0. The molecule has 0 N–H and O–H groups in total. The second kappa shape index (κ2) is 4.46. The third-order valence-corrected chi connectivity index (χ3v) is 1.95. The van der Waals surface area contributed by atoms with Crippen LogP contribution in [0.4, 0.5) is 0 Å². The predicted molar refractivity (Wildman–Crippen MR) is 60.5 cm³/mol. The summed E-state index contributed by atoms with van der Waals surface area (Å²) >= 11 is 0. The zero-order chi connectivity index (χ0) is 9.68. The first-order valence-electron chi connectivity index (χ1n) is 4.30. The number of hydrogen-bond donors (Lipinski definition) is 0. The van der Waals surface area contributed by atoms with Gasteiger partial charge in [-0.2, -0.15) is 0 Å². The highest BCUT2D eigenvalue weighted by Gasteiger charge is 1.93. The van der Waals surface area contributed by atoms with Crippen LogP contribution < -0.4 is 0 Å². The maximum absolute atomic E-state index is 3.74. The maximum Gasteiger partial charge on any atom is -0.0221 e. The van der Waals surface area contributed by atoms with Crippen LogP contribution in [0, 0.1) is 6.92 Å². The van der Waals surface area contributed by atoms with E-state index in [1.807, 2.05) is 12.2 Å². The lowest BCUT2D eigenvalue weighted by molar-refractivity contribution is 1.43. The minimum absolute atomic E-state index is 1.15. The van der Waals surface area contributed by atoms with Gasteiger partial charge in [-0.25, -0.2) is 0 Å². The Morgan fingerprint density at radius 3 is 2.62 bits per heavy atom. The van der Waals surface area contributed by atoms with Crippen molar-refractivity contribution in [1.29, 1.82) is 0 Å². The quantitative estimate of drug-likeness (QED) is 0.605. The second-order valence-electron chi connectivity index (χ2n) is 2.91. The number of benzene rings is 1. The molecular weight excluding hydrogens is 156 g/mol. The smallest absolute Gasteiger partial charge is 0.0221 e. The largest absolute Gasteiger partial charge is 0.0991 e. The predicted octanol–water partition coefficient (Wildman–Crippen LogP) is 3.84. The van der Waals surface area contributed by atoms with Crippen LogP contribution in [0.5, 0.6) is 0 Å². The van der Waals surface area contributed by atoms with Crippen molar-refractivity contribution >= 4 is 12.2 Å². The average molecular weight is 170 g/mol. The molecule has 0 aliphatic rings. The zero-order valence-electron chi connectivity index (χ0n) is 7.96. The van der Waals surface area contributed by atoms with Crippen LogP contribution in [0.1, 0.15) is 16.7 Å². The van der Waals surface area contributed by atoms with Gasteiger partial charge in [0.2, 0.25) is 0 Å². The molecule has 0 aliphatic carbocycles. The Kier molecular flexibility index (Phi) is 3.27. The van der Waals surface area contributed by atoms with Gasteiger partial charge in [-0.05, 0) is 29.7 Å². The fraction of sp³-hybridized carbons (Fsp3) is 0.0769. The first-order chi connectivity index (χ1) is 6.27. The van der Waals surface area contributed by atoms with E-state index in [0.29, 0.717) is 0 Å². The molecule has 66 valence electrons. The highest BCUT2D eigenvalue weighted by Crippen LogP contribution is 2.13. The summed E-state index contributed by atoms with van der Waals surface area (Å²) < 4.78 is 0.